The standard InChI is InChI=1S/C17H25N7O2S/c1-3-13-4-5-15(27-13)23-19-12-14-20-16(24-7-10-25-11-8-24)22-17(21-14)26-9-6-18-2/h4-5,18H,3,6-12H2,1-2H3. The van der Waals surface area contributed by atoms with Crippen molar-refractivity contribution in [2.45, 2.75) is 19.9 Å². The fourth-order valence-electron chi connectivity index (χ4n) is 2.45. The number of likely N-dealkylation sites (N-methyl/N-ethyl adjacent to an activating group) is 1. The Morgan fingerprint density at radius 1 is 1.26 bits per heavy atom. The maximum absolute atomic E-state index is 5.65. The molecule has 0 atom stereocenters. The van der Waals surface area contributed by atoms with Crippen LogP contribution in [0, 0.1) is 0 Å². The van der Waals surface area contributed by atoms with E-state index < -0.39 is 0 Å². The summed E-state index contributed by atoms with van der Waals surface area (Å²) in [6, 6.07) is 4.37. The first-order valence-corrected chi connectivity index (χ1v) is 9.91. The third-order valence-electron chi connectivity index (χ3n) is 3.90. The average molecular weight is 392 g/mol. The van der Waals surface area contributed by atoms with Crippen LogP contribution in [0.4, 0.5) is 10.9 Å². The van der Waals surface area contributed by atoms with E-state index in [1.54, 1.807) is 11.3 Å². The maximum Gasteiger partial charge on any atom is 0.321 e. The lowest BCUT2D eigenvalue weighted by Gasteiger charge is -2.26. The molecule has 2 aromatic rings. The fraction of sp³-hybridized carbons (Fsp3) is 0.588. The van der Waals surface area contributed by atoms with Gasteiger partial charge in [0.1, 0.15) is 18.2 Å². The Labute approximate surface area is 162 Å². The summed E-state index contributed by atoms with van der Waals surface area (Å²) in [4.78, 5) is 16.7. The molecule has 0 saturated carbocycles. The van der Waals surface area contributed by atoms with Crippen molar-refractivity contribution in [1.29, 1.82) is 0 Å². The number of ether oxygens (including phenoxy) is 2. The Bertz CT molecular complexity index is 747. The molecule has 1 saturated heterocycles. The number of morpholine rings is 1. The molecule has 0 unspecified atom stereocenters. The molecule has 146 valence electrons. The third kappa shape index (κ3) is 5.91. The smallest absolute Gasteiger partial charge is 0.321 e. The molecule has 0 amide bonds. The van der Waals surface area contributed by atoms with Gasteiger partial charge in [0, 0.05) is 24.5 Å². The lowest BCUT2D eigenvalue weighted by Crippen LogP contribution is -2.37. The van der Waals surface area contributed by atoms with Crippen LogP contribution >= 0.6 is 11.3 Å². The molecule has 3 heterocycles. The van der Waals surface area contributed by atoms with E-state index in [0.29, 0.717) is 44.1 Å². The Morgan fingerprint density at radius 3 is 2.85 bits per heavy atom. The highest BCUT2D eigenvalue weighted by Gasteiger charge is 2.17. The van der Waals surface area contributed by atoms with Crippen molar-refractivity contribution >= 4 is 22.3 Å². The predicted molar refractivity (Wildman–Crippen MR) is 104 cm³/mol. The zero-order valence-electron chi connectivity index (χ0n) is 15.7. The summed E-state index contributed by atoms with van der Waals surface area (Å²) in [6.45, 7) is 6.42. The third-order valence-corrected chi connectivity index (χ3v) is 5.02. The van der Waals surface area contributed by atoms with E-state index in [9.17, 15) is 0 Å². The van der Waals surface area contributed by atoms with Crippen LogP contribution in [0.3, 0.4) is 0 Å². The Balaban J connectivity index is 1.71. The van der Waals surface area contributed by atoms with Crippen molar-refractivity contribution in [3.8, 4) is 6.01 Å². The van der Waals surface area contributed by atoms with Gasteiger partial charge in [0.2, 0.25) is 5.95 Å². The minimum atomic E-state index is 0.279. The van der Waals surface area contributed by atoms with Crippen molar-refractivity contribution < 1.29 is 9.47 Å². The molecule has 1 aliphatic heterocycles. The van der Waals surface area contributed by atoms with Gasteiger partial charge in [-0.2, -0.15) is 20.1 Å². The lowest BCUT2D eigenvalue weighted by atomic mass is 10.4. The van der Waals surface area contributed by atoms with E-state index >= 15 is 0 Å². The summed E-state index contributed by atoms with van der Waals surface area (Å²) in [6.07, 6.45) is 1.00. The monoisotopic (exact) mass is 391 g/mol. The summed E-state index contributed by atoms with van der Waals surface area (Å²) in [7, 11) is 1.87. The molecule has 9 nitrogen and oxygen atoms in total. The van der Waals surface area contributed by atoms with Gasteiger partial charge < -0.3 is 19.7 Å². The minimum absolute atomic E-state index is 0.279. The molecular formula is C17H25N7O2S. The van der Waals surface area contributed by atoms with Crippen LogP contribution < -0.4 is 15.0 Å². The normalized spacial score (nSPS) is 14.8. The first-order chi connectivity index (χ1) is 13.3. The summed E-state index contributed by atoms with van der Waals surface area (Å²) >= 11 is 1.64. The quantitative estimate of drug-likeness (QED) is 0.517. The van der Waals surface area contributed by atoms with Gasteiger partial charge in [0.25, 0.3) is 0 Å². The van der Waals surface area contributed by atoms with E-state index in [1.165, 1.54) is 4.88 Å². The fourth-order valence-corrected chi connectivity index (χ4v) is 3.23. The van der Waals surface area contributed by atoms with Crippen molar-refractivity contribution in [3.63, 3.8) is 0 Å². The number of hydrogen-bond donors (Lipinski definition) is 1. The molecule has 1 aliphatic rings. The van der Waals surface area contributed by atoms with E-state index in [2.05, 4.69) is 48.4 Å². The molecule has 0 aliphatic carbocycles. The molecule has 0 aromatic carbocycles. The van der Waals surface area contributed by atoms with Gasteiger partial charge in [-0.1, -0.05) is 6.92 Å². The molecule has 1 N–H and O–H groups in total. The zero-order chi connectivity index (χ0) is 18.9. The summed E-state index contributed by atoms with van der Waals surface area (Å²) in [5, 5.41) is 12.5. The van der Waals surface area contributed by atoms with Crippen molar-refractivity contribution in [2.75, 3.05) is 51.4 Å². The van der Waals surface area contributed by atoms with Gasteiger partial charge >= 0.3 is 6.01 Å². The van der Waals surface area contributed by atoms with Gasteiger partial charge in [-0.05, 0) is 25.6 Å². The summed E-state index contributed by atoms with van der Waals surface area (Å²) < 4.78 is 11.0. The van der Waals surface area contributed by atoms with Crippen LogP contribution in [0.5, 0.6) is 6.01 Å². The Morgan fingerprint density at radius 2 is 2.11 bits per heavy atom. The zero-order valence-corrected chi connectivity index (χ0v) is 16.5. The summed E-state index contributed by atoms with van der Waals surface area (Å²) in [5.74, 6) is 1.14. The number of rotatable bonds is 9. The topological polar surface area (TPSA) is 97.1 Å². The highest BCUT2D eigenvalue weighted by molar-refractivity contribution is 7.15. The second-order valence-corrected chi connectivity index (χ2v) is 7.03. The Hall–Kier alpha value is -2.17. The number of hydrogen-bond acceptors (Lipinski definition) is 10. The van der Waals surface area contributed by atoms with Crippen LogP contribution in [0.25, 0.3) is 0 Å². The van der Waals surface area contributed by atoms with Gasteiger partial charge in [-0.3, -0.25) is 0 Å². The first kappa shape index (κ1) is 19.6. The highest BCUT2D eigenvalue weighted by Crippen LogP contribution is 2.25. The lowest BCUT2D eigenvalue weighted by molar-refractivity contribution is 0.122. The second kappa shape index (κ2) is 10.2. The minimum Gasteiger partial charge on any atom is -0.462 e. The van der Waals surface area contributed by atoms with Crippen LogP contribution in [-0.4, -0.2) is 61.5 Å². The Kier molecular flexibility index (Phi) is 7.43. The van der Waals surface area contributed by atoms with Crippen molar-refractivity contribution in [3.05, 3.63) is 22.8 Å². The molecule has 0 spiro atoms. The number of nitrogens with zero attached hydrogens (tertiary/aromatic N) is 6. The van der Waals surface area contributed by atoms with Crippen LogP contribution in [0.1, 0.15) is 17.6 Å². The molecule has 27 heavy (non-hydrogen) atoms. The second-order valence-electron chi connectivity index (χ2n) is 5.88. The van der Waals surface area contributed by atoms with E-state index in [4.69, 9.17) is 9.47 Å². The number of aromatic nitrogens is 3. The van der Waals surface area contributed by atoms with Gasteiger partial charge in [-0.25, -0.2) is 0 Å². The van der Waals surface area contributed by atoms with Crippen molar-refractivity contribution in [1.82, 2.24) is 20.3 Å². The van der Waals surface area contributed by atoms with Crippen LogP contribution in [-0.2, 0) is 17.7 Å². The molecule has 10 heteroatoms. The van der Waals surface area contributed by atoms with E-state index in [0.717, 1.165) is 24.5 Å². The molecule has 0 bridgehead atoms. The molecule has 2 aromatic heterocycles. The SMILES string of the molecule is CCc1ccc(N=NCc2nc(OCCNC)nc(N3CCOCC3)n2)s1. The van der Waals surface area contributed by atoms with Gasteiger partial charge in [0.15, 0.2) is 5.82 Å². The number of azo groups is 1. The number of thiophene rings is 1. The molecular weight excluding hydrogens is 366 g/mol. The average Bonchev–Trinajstić information content (AvgIpc) is 3.17. The first-order valence-electron chi connectivity index (χ1n) is 9.09. The summed E-state index contributed by atoms with van der Waals surface area (Å²) in [5.41, 5.74) is 0. The van der Waals surface area contributed by atoms with Crippen LogP contribution in [0.2, 0.25) is 0 Å². The number of aryl methyl sites for hydroxylation is 1. The predicted octanol–water partition coefficient (Wildman–Crippen LogP) is 2.21. The van der Waals surface area contributed by atoms with E-state index in [-0.39, 0.29) is 6.54 Å². The molecule has 3 rings (SSSR count). The maximum atomic E-state index is 5.65. The van der Waals surface area contributed by atoms with Gasteiger partial charge in [0.05, 0.1) is 13.2 Å². The van der Waals surface area contributed by atoms with E-state index in [1.807, 2.05) is 13.1 Å². The molecule has 0 radical (unpaired) electrons. The number of nitrogens with one attached hydrogen (secondary N) is 1. The molecule has 1 fully saturated rings. The van der Waals surface area contributed by atoms with Crippen molar-refractivity contribution in [2.24, 2.45) is 10.2 Å². The largest absolute Gasteiger partial charge is 0.462 e. The van der Waals surface area contributed by atoms with Gasteiger partial charge in [-0.15, -0.1) is 16.5 Å². The van der Waals surface area contributed by atoms with Crippen LogP contribution in [0.15, 0.2) is 22.4 Å². The highest BCUT2D eigenvalue weighted by atomic mass is 32.1. The number of anilines is 1.